The largest absolute Gasteiger partial charge is 0.338 e. The average molecular weight is 334 g/mol. The van der Waals surface area contributed by atoms with Crippen LogP contribution < -0.4 is 10.6 Å². The number of carbonyl (C=O) groups is 2. The van der Waals surface area contributed by atoms with E-state index in [0.29, 0.717) is 32.5 Å². The van der Waals surface area contributed by atoms with Gasteiger partial charge in [0.15, 0.2) is 0 Å². The van der Waals surface area contributed by atoms with E-state index in [4.69, 9.17) is 0 Å². The van der Waals surface area contributed by atoms with Crippen molar-refractivity contribution in [3.8, 4) is 0 Å². The van der Waals surface area contributed by atoms with Gasteiger partial charge in [0.05, 0.1) is 12.8 Å². The Morgan fingerprint density at radius 3 is 2.36 bits per heavy atom. The van der Waals surface area contributed by atoms with Gasteiger partial charge in [-0.2, -0.15) is 0 Å². The molecule has 1 aliphatic heterocycles. The maximum atomic E-state index is 11.7. The van der Waals surface area contributed by atoms with Gasteiger partial charge in [-0.3, -0.25) is 15.0 Å². The SMILES string of the molecule is CCCNC(=O)NC(=O)CN1CCC(N(C)S(C)(=O)=O)CC1. The van der Waals surface area contributed by atoms with E-state index in [0.717, 1.165) is 6.42 Å². The number of rotatable bonds is 6. The van der Waals surface area contributed by atoms with Crippen molar-refractivity contribution in [2.75, 3.05) is 39.5 Å². The fourth-order valence-electron chi connectivity index (χ4n) is 2.36. The van der Waals surface area contributed by atoms with Crippen LogP contribution in [0.25, 0.3) is 0 Å². The molecule has 1 heterocycles. The second kappa shape index (κ2) is 8.44. The number of nitrogens with one attached hydrogen (secondary N) is 2. The predicted octanol–water partition coefficient (Wildman–Crippen LogP) is -0.422. The fraction of sp³-hybridized carbons (Fsp3) is 0.846. The summed E-state index contributed by atoms with van der Waals surface area (Å²) in [4.78, 5) is 25.0. The van der Waals surface area contributed by atoms with E-state index in [2.05, 4.69) is 10.6 Å². The average Bonchev–Trinajstić information content (AvgIpc) is 2.44. The lowest BCUT2D eigenvalue weighted by atomic mass is 10.1. The Morgan fingerprint density at radius 2 is 1.86 bits per heavy atom. The van der Waals surface area contributed by atoms with Crippen LogP contribution in [-0.4, -0.2) is 75.1 Å². The predicted molar refractivity (Wildman–Crippen MR) is 83.9 cm³/mol. The van der Waals surface area contributed by atoms with Gasteiger partial charge in [0.2, 0.25) is 15.9 Å². The molecule has 1 saturated heterocycles. The Morgan fingerprint density at radius 1 is 1.27 bits per heavy atom. The monoisotopic (exact) mass is 334 g/mol. The first-order valence-electron chi connectivity index (χ1n) is 7.47. The van der Waals surface area contributed by atoms with Crippen LogP contribution >= 0.6 is 0 Å². The molecule has 1 aliphatic rings. The van der Waals surface area contributed by atoms with E-state index >= 15 is 0 Å². The van der Waals surface area contributed by atoms with Gasteiger partial charge in [0.1, 0.15) is 0 Å². The molecule has 0 aromatic heterocycles. The fourth-order valence-corrected chi connectivity index (χ4v) is 3.12. The van der Waals surface area contributed by atoms with Crippen molar-refractivity contribution in [1.29, 1.82) is 0 Å². The molecular formula is C13H26N4O4S. The molecule has 3 amide bonds. The third-order valence-electron chi connectivity index (χ3n) is 3.75. The number of carbonyl (C=O) groups excluding carboxylic acids is 2. The van der Waals surface area contributed by atoms with Gasteiger partial charge < -0.3 is 5.32 Å². The Balaban J connectivity index is 2.33. The summed E-state index contributed by atoms with van der Waals surface area (Å²) in [5, 5.41) is 4.86. The lowest BCUT2D eigenvalue weighted by Crippen LogP contribution is -2.49. The second-order valence-corrected chi connectivity index (χ2v) is 7.63. The van der Waals surface area contributed by atoms with Crippen LogP contribution in [-0.2, 0) is 14.8 Å². The number of sulfonamides is 1. The van der Waals surface area contributed by atoms with Gasteiger partial charge in [-0.25, -0.2) is 17.5 Å². The first-order chi connectivity index (χ1) is 10.2. The van der Waals surface area contributed by atoms with E-state index in [-0.39, 0.29) is 18.5 Å². The third kappa shape index (κ3) is 6.29. The van der Waals surface area contributed by atoms with Gasteiger partial charge in [0, 0.05) is 32.7 Å². The van der Waals surface area contributed by atoms with Gasteiger partial charge in [-0.1, -0.05) is 6.92 Å². The molecule has 0 aromatic carbocycles. The minimum absolute atomic E-state index is 0.0258. The maximum Gasteiger partial charge on any atom is 0.321 e. The summed E-state index contributed by atoms with van der Waals surface area (Å²) in [6.45, 7) is 3.88. The summed E-state index contributed by atoms with van der Waals surface area (Å²) in [7, 11) is -1.60. The van der Waals surface area contributed by atoms with Gasteiger partial charge in [-0.15, -0.1) is 0 Å². The van der Waals surface area contributed by atoms with Crippen molar-refractivity contribution in [2.24, 2.45) is 0 Å². The highest BCUT2D eigenvalue weighted by Crippen LogP contribution is 2.17. The van der Waals surface area contributed by atoms with Crippen LogP contribution in [0.5, 0.6) is 0 Å². The van der Waals surface area contributed by atoms with Crippen molar-refractivity contribution >= 4 is 22.0 Å². The van der Waals surface area contributed by atoms with Crippen molar-refractivity contribution in [3.05, 3.63) is 0 Å². The van der Waals surface area contributed by atoms with E-state index in [1.165, 1.54) is 10.6 Å². The molecule has 0 aromatic rings. The summed E-state index contributed by atoms with van der Waals surface area (Å²) in [5.74, 6) is -0.344. The molecule has 0 saturated carbocycles. The summed E-state index contributed by atoms with van der Waals surface area (Å²) >= 11 is 0. The van der Waals surface area contributed by atoms with E-state index in [9.17, 15) is 18.0 Å². The topological polar surface area (TPSA) is 98.8 Å². The molecule has 0 spiro atoms. The van der Waals surface area contributed by atoms with Crippen LogP contribution in [0.15, 0.2) is 0 Å². The normalized spacial score (nSPS) is 17.5. The van der Waals surface area contributed by atoms with Gasteiger partial charge in [0.25, 0.3) is 0 Å². The molecule has 1 fully saturated rings. The zero-order valence-electron chi connectivity index (χ0n) is 13.5. The maximum absolute atomic E-state index is 11.7. The van der Waals surface area contributed by atoms with Crippen molar-refractivity contribution in [3.63, 3.8) is 0 Å². The van der Waals surface area contributed by atoms with Gasteiger partial charge in [-0.05, 0) is 19.3 Å². The highest BCUT2D eigenvalue weighted by atomic mass is 32.2. The Hall–Kier alpha value is -1.19. The van der Waals surface area contributed by atoms with E-state index in [1.54, 1.807) is 7.05 Å². The minimum Gasteiger partial charge on any atom is -0.338 e. The number of amides is 3. The Bertz CT molecular complexity index is 486. The van der Waals surface area contributed by atoms with E-state index < -0.39 is 16.1 Å². The molecule has 128 valence electrons. The number of imide groups is 1. The number of urea groups is 1. The first kappa shape index (κ1) is 18.9. The number of hydrogen-bond acceptors (Lipinski definition) is 5. The van der Waals surface area contributed by atoms with Crippen LogP contribution in [0.4, 0.5) is 4.79 Å². The van der Waals surface area contributed by atoms with Crippen molar-refractivity contribution in [2.45, 2.75) is 32.2 Å². The zero-order chi connectivity index (χ0) is 16.8. The smallest absolute Gasteiger partial charge is 0.321 e. The van der Waals surface area contributed by atoms with Crippen LogP contribution in [0.1, 0.15) is 26.2 Å². The summed E-state index contributed by atoms with van der Waals surface area (Å²) in [6, 6.07) is -0.499. The molecule has 0 unspecified atom stereocenters. The summed E-state index contributed by atoms with van der Waals surface area (Å²) in [6.07, 6.45) is 3.36. The molecule has 0 aliphatic carbocycles. The summed E-state index contributed by atoms with van der Waals surface area (Å²) < 4.78 is 24.4. The molecule has 0 atom stereocenters. The number of likely N-dealkylation sites (tertiary alicyclic amines) is 1. The molecular weight excluding hydrogens is 308 g/mol. The molecule has 1 rings (SSSR count). The summed E-state index contributed by atoms with van der Waals surface area (Å²) in [5.41, 5.74) is 0. The number of piperidine rings is 1. The number of hydrogen-bond donors (Lipinski definition) is 2. The molecule has 22 heavy (non-hydrogen) atoms. The highest BCUT2D eigenvalue weighted by Gasteiger charge is 2.27. The Kier molecular flexibility index (Phi) is 7.24. The lowest BCUT2D eigenvalue weighted by Gasteiger charge is -2.35. The lowest BCUT2D eigenvalue weighted by molar-refractivity contribution is -0.121. The van der Waals surface area contributed by atoms with Gasteiger partial charge >= 0.3 is 6.03 Å². The molecule has 2 N–H and O–H groups in total. The minimum atomic E-state index is -3.19. The standard InChI is InChI=1S/C13H26N4O4S/c1-4-7-14-13(19)15-12(18)10-17-8-5-11(6-9-17)16(2)22(3,20)21/h11H,4-10H2,1-3H3,(H2,14,15,18,19). The quantitative estimate of drug-likeness (QED) is 0.687. The van der Waals surface area contributed by atoms with Crippen molar-refractivity contribution in [1.82, 2.24) is 19.8 Å². The molecule has 9 heteroatoms. The van der Waals surface area contributed by atoms with Crippen molar-refractivity contribution < 1.29 is 18.0 Å². The second-order valence-electron chi connectivity index (χ2n) is 5.59. The van der Waals surface area contributed by atoms with E-state index in [1.807, 2.05) is 11.8 Å². The number of nitrogens with zero attached hydrogens (tertiary/aromatic N) is 2. The third-order valence-corrected chi connectivity index (χ3v) is 5.09. The molecule has 8 nitrogen and oxygen atoms in total. The van der Waals surface area contributed by atoms with Crippen LogP contribution in [0.2, 0.25) is 0 Å². The zero-order valence-corrected chi connectivity index (χ0v) is 14.3. The van der Waals surface area contributed by atoms with Crippen LogP contribution in [0.3, 0.4) is 0 Å². The molecule has 0 radical (unpaired) electrons. The first-order valence-corrected chi connectivity index (χ1v) is 9.32. The molecule has 0 bridgehead atoms. The Labute approximate surface area is 132 Å². The van der Waals surface area contributed by atoms with Crippen LogP contribution in [0, 0.1) is 0 Å². The highest BCUT2D eigenvalue weighted by molar-refractivity contribution is 7.88.